The summed E-state index contributed by atoms with van der Waals surface area (Å²) in [6, 6.07) is 21.7. The van der Waals surface area contributed by atoms with Gasteiger partial charge in [-0.3, -0.25) is 52.7 Å². The smallest absolute Gasteiger partial charge is 0.350 e. The number of esters is 5. The molecule has 2 bridgehead atoms. The van der Waals surface area contributed by atoms with Crippen LogP contribution in [0.15, 0.2) is 126 Å². The fourth-order valence-electron chi connectivity index (χ4n) is 14.0. The average Bonchev–Trinajstić information content (AvgIpc) is 0.669. The number of nitrogens with two attached hydrogens (primary N) is 2. The minimum Gasteiger partial charge on any atom is -0.455 e. The van der Waals surface area contributed by atoms with Crippen molar-refractivity contribution in [3.8, 4) is 0 Å². The molecular formula is C74H85ClFN7O21. The van der Waals surface area contributed by atoms with Crippen LogP contribution in [0.5, 0.6) is 0 Å². The number of carbonyl (C=O) groups is 13. The molecule has 3 fully saturated rings. The highest BCUT2D eigenvalue weighted by Gasteiger charge is 2.78. The number of fused-ring (bicyclic) bond motifs is 5. The average molecular weight is 1460 g/mol. The highest BCUT2D eigenvalue weighted by Crippen LogP contribution is 2.64. The number of carbonyl (C=O) groups excluding carboxylic acids is 13. The molecule has 2 saturated carbocycles. The summed E-state index contributed by atoms with van der Waals surface area (Å²) in [6.45, 7) is 8.79. The second-order valence-corrected chi connectivity index (χ2v) is 27.4. The van der Waals surface area contributed by atoms with Crippen molar-refractivity contribution in [2.75, 3.05) is 13.2 Å². The number of unbranched alkanes of at least 4 members (excludes halogenated alkanes) is 1. The van der Waals surface area contributed by atoms with Crippen LogP contribution in [0.4, 0.5) is 4.39 Å². The summed E-state index contributed by atoms with van der Waals surface area (Å²) in [5.74, 6) is -14.4. The van der Waals surface area contributed by atoms with E-state index >= 15 is 9.59 Å². The Hall–Kier alpha value is -10.2. The summed E-state index contributed by atoms with van der Waals surface area (Å²) in [5.41, 5.74) is 2.86. The summed E-state index contributed by atoms with van der Waals surface area (Å²) < 4.78 is 51.1. The van der Waals surface area contributed by atoms with E-state index in [4.69, 9.17) is 51.5 Å². The first-order chi connectivity index (χ1) is 49.1. The van der Waals surface area contributed by atoms with Gasteiger partial charge in [0.25, 0.3) is 5.91 Å². The Morgan fingerprint density at radius 3 is 1.97 bits per heavy atom. The number of Topliss-reactive ketones (excluding diaryl/α,β-unsaturated/α-hetero) is 1. The normalized spacial score (nSPS) is 24.4. The van der Waals surface area contributed by atoms with Crippen molar-refractivity contribution in [2.45, 2.75) is 178 Å². The Morgan fingerprint density at radius 1 is 0.750 bits per heavy atom. The molecule has 4 aromatic carbocycles. The first kappa shape index (κ1) is 79.5. The van der Waals surface area contributed by atoms with Gasteiger partial charge in [-0.1, -0.05) is 98.2 Å². The summed E-state index contributed by atoms with van der Waals surface area (Å²) in [5, 5.41) is 39.2. The molecule has 28 nitrogen and oxygen atoms in total. The molecule has 1 heterocycles. The molecule has 8 rings (SSSR count). The molecule has 11 N–H and O–H groups in total. The third-order valence-corrected chi connectivity index (χ3v) is 19.9. The van der Waals surface area contributed by atoms with Crippen LogP contribution in [0.1, 0.15) is 144 Å². The Labute approximate surface area is 603 Å². The fraction of sp³-hybridized carbons (Fsp3) is 0.446. The third kappa shape index (κ3) is 18.0. The molecule has 14 atom stereocenters. The molecule has 0 spiro atoms. The molecule has 30 heteroatoms. The highest BCUT2D eigenvalue weighted by molar-refractivity contribution is 6.30. The van der Waals surface area contributed by atoms with E-state index in [0.717, 1.165) is 32.1 Å². The van der Waals surface area contributed by atoms with E-state index in [2.05, 4.69) is 26.6 Å². The molecule has 2 unspecified atom stereocenters. The van der Waals surface area contributed by atoms with Gasteiger partial charge >= 0.3 is 29.8 Å². The van der Waals surface area contributed by atoms with Gasteiger partial charge in [-0.25, -0.2) is 14.0 Å². The second-order valence-electron chi connectivity index (χ2n) is 26.9. The lowest BCUT2D eigenvalue weighted by Crippen LogP contribution is -2.82. The van der Waals surface area contributed by atoms with E-state index in [9.17, 15) is 67.3 Å². The molecule has 3 aliphatic carbocycles. The van der Waals surface area contributed by atoms with Crippen LogP contribution in [0.3, 0.4) is 0 Å². The van der Waals surface area contributed by atoms with Crippen molar-refractivity contribution in [2.24, 2.45) is 28.2 Å². The van der Waals surface area contributed by atoms with Crippen LogP contribution >= 0.6 is 11.6 Å². The minimum atomic E-state index is -2.58. The molecule has 1 saturated heterocycles. The van der Waals surface area contributed by atoms with Crippen LogP contribution < -0.4 is 38.1 Å². The molecular weight excluding hydrogens is 1380 g/mol. The molecule has 4 aromatic rings. The van der Waals surface area contributed by atoms with Gasteiger partial charge in [0.2, 0.25) is 41.5 Å². The number of amides is 7. The van der Waals surface area contributed by atoms with Gasteiger partial charge in [0.15, 0.2) is 17.5 Å². The van der Waals surface area contributed by atoms with E-state index in [1.807, 2.05) is 0 Å². The van der Waals surface area contributed by atoms with Gasteiger partial charge in [-0.2, -0.15) is 0 Å². The van der Waals surface area contributed by atoms with E-state index < -0.39 is 204 Å². The van der Waals surface area contributed by atoms with Crippen LogP contribution in [0.2, 0.25) is 5.02 Å². The van der Waals surface area contributed by atoms with Crippen molar-refractivity contribution >= 4 is 94.7 Å². The number of aliphatic hydroxyl groups is 2. The highest BCUT2D eigenvalue weighted by atomic mass is 35.5. The maximum atomic E-state index is 15.9. The number of hydrogen-bond acceptors (Lipinski definition) is 21. The van der Waals surface area contributed by atoms with Crippen LogP contribution in [-0.4, -0.2) is 166 Å². The quantitative estimate of drug-likeness (QED) is 0.0117. The second kappa shape index (κ2) is 33.9. The maximum Gasteiger partial charge on any atom is 0.350 e. The molecule has 4 aliphatic rings. The van der Waals surface area contributed by atoms with Crippen LogP contribution in [0, 0.1) is 22.6 Å². The number of nitrogens with one attached hydrogen (secondary N) is 5. The van der Waals surface area contributed by atoms with Crippen molar-refractivity contribution in [3.05, 3.63) is 160 Å². The Morgan fingerprint density at radius 2 is 1.38 bits per heavy atom. The first-order valence-electron chi connectivity index (χ1n) is 33.7. The number of primary amides is 2. The predicted molar refractivity (Wildman–Crippen MR) is 367 cm³/mol. The lowest BCUT2D eigenvalue weighted by atomic mass is 9.44. The van der Waals surface area contributed by atoms with Crippen molar-refractivity contribution in [1.29, 1.82) is 0 Å². The van der Waals surface area contributed by atoms with E-state index in [1.165, 1.54) is 83.1 Å². The van der Waals surface area contributed by atoms with Crippen LogP contribution in [0.25, 0.3) is 6.08 Å². The Kier molecular flexibility index (Phi) is 25.9. The molecule has 556 valence electrons. The standard InChI is InChI=1S/C74H85ClFN7O21/c1-39-51(37-74(98)64(103-69(96)46-23-15-10-16-24-46)62-72(7,52(86)36-53-73(62,38-99-53)104-42(4)85)63(91)60(100-41(3)84)58(39)71(74,5)6)101-70(97)61(59(44-19-11-8-12-20-44)83-68(95)45-21-13-9-14-22-45)102-57(90)33-32-54(87)79-34-18-17-25-49(65(77)92)81-56(89)31-29-50(66(78)93)82-67(94)40(2)80-55(88)30-27-43-26-28-47(75)35-48(43)76/h8-16,19-24,26-28,30,35,40,49-53,59-62,64,86,98H,17-18,25,29,31-34,36-38H2,1-7H3,(H2,77,92)(H2,78,93)(H,79,87)(H,80,88)(H,81,89)(H,82,94)(H,83,95)/b30-27+/t40?,49?,50-,51-,52-,53+,59-,60+,61+,62-,64-,72+,73-,74+/m0/s1. The molecule has 7 amide bonds. The minimum absolute atomic E-state index is 0.0173. The first-order valence-corrected chi connectivity index (χ1v) is 34.1. The lowest BCUT2D eigenvalue weighted by molar-refractivity contribution is -0.346. The summed E-state index contributed by atoms with van der Waals surface area (Å²) in [6.07, 6.45) is -11.1. The summed E-state index contributed by atoms with van der Waals surface area (Å²) in [4.78, 5) is 178. The van der Waals surface area contributed by atoms with Crippen LogP contribution in [-0.2, 0) is 81.2 Å². The number of hydrogen-bond donors (Lipinski definition) is 9. The Bertz CT molecular complexity index is 4010. The molecule has 104 heavy (non-hydrogen) atoms. The number of rotatable bonds is 30. The largest absolute Gasteiger partial charge is 0.455 e. The Balaban J connectivity index is 0.978. The van der Waals surface area contributed by atoms with E-state index in [0.29, 0.717) is 0 Å². The topological polar surface area (TPSA) is 430 Å². The van der Waals surface area contributed by atoms with Gasteiger partial charge in [0.05, 0.1) is 36.0 Å². The zero-order valence-electron chi connectivity index (χ0n) is 58.2. The zero-order chi connectivity index (χ0) is 76.2. The SMILES string of the molecule is CC(=O)O[C@H]1C(=O)[C@@]2(C)[C@H]([C@H](OC(=O)c3ccccc3)[C@]3(O)C[C@H](OC(=O)[C@H](OC(=O)CCC(=O)NCCCCC(NC(=O)CC[C@H](NC(=O)C(C)NC(=O)/C=C/c4ccc(Cl)cc4F)C(N)=O)C(N)=O)[C@@H](NC(=O)c4ccccc4)c4ccccc4)C(C)=C1C3(C)C)[C@]1(OC(C)=O)CO[C@@H]1C[C@@H]2O. The number of benzene rings is 4. The maximum absolute atomic E-state index is 15.9. The van der Waals surface area contributed by atoms with Gasteiger partial charge in [0, 0.05) is 73.7 Å². The fourth-order valence-corrected chi connectivity index (χ4v) is 14.2. The van der Waals surface area contributed by atoms with Gasteiger partial charge in [-0.05, 0) is 106 Å². The van der Waals surface area contributed by atoms with Gasteiger partial charge < -0.3 is 76.7 Å². The van der Waals surface area contributed by atoms with Crippen molar-refractivity contribution in [3.63, 3.8) is 0 Å². The number of ether oxygens (including phenoxy) is 6. The number of aliphatic hydroxyl groups excluding tert-OH is 1. The lowest BCUT2D eigenvalue weighted by Gasteiger charge is -2.67. The third-order valence-electron chi connectivity index (χ3n) is 19.6. The molecule has 0 aromatic heterocycles. The van der Waals surface area contributed by atoms with E-state index in [-0.39, 0.29) is 77.1 Å². The zero-order valence-corrected chi connectivity index (χ0v) is 59.0. The molecule has 0 radical (unpaired) electrons. The van der Waals surface area contributed by atoms with Crippen molar-refractivity contribution in [1.82, 2.24) is 26.6 Å². The van der Waals surface area contributed by atoms with E-state index in [1.54, 1.807) is 54.6 Å². The monoisotopic (exact) mass is 1460 g/mol. The van der Waals surface area contributed by atoms with Gasteiger partial charge in [0.1, 0.15) is 53.9 Å². The number of ketones is 1. The summed E-state index contributed by atoms with van der Waals surface area (Å²) >= 11 is 5.77. The predicted octanol–water partition coefficient (Wildman–Crippen LogP) is 4.08. The van der Waals surface area contributed by atoms with Crippen molar-refractivity contribution < 1.29 is 105 Å². The van der Waals surface area contributed by atoms with Gasteiger partial charge in [-0.15, -0.1) is 0 Å². The summed E-state index contributed by atoms with van der Waals surface area (Å²) in [7, 11) is 0. The molecule has 1 aliphatic heterocycles. The number of halogens is 2.